The molecule has 0 radical (unpaired) electrons. The minimum Gasteiger partial charge on any atom is -0.394 e. The molecule has 1 aliphatic heterocycles. The molecule has 0 aromatic rings. The topological polar surface area (TPSA) is 108 Å². The van der Waals surface area contributed by atoms with E-state index >= 15 is 0 Å². The van der Waals surface area contributed by atoms with Crippen molar-refractivity contribution in [3.8, 4) is 0 Å². The molecule has 124 valence electrons. The van der Waals surface area contributed by atoms with Crippen LogP contribution in [0, 0.1) is 0 Å². The number of rotatable bonds is 7. The van der Waals surface area contributed by atoms with Crippen LogP contribution in [-0.2, 0) is 14.3 Å². The molecule has 0 saturated carbocycles. The average Bonchev–Trinajstić information content (AvgIpc) is 2.44. The van der Waals surface area contributed by atoms with Crippen LogP contribution in [0.5, 0.6) is 0 Å². The van der Waals surface area contributed by atoms with Crippen molar-refractivity contribution in [1.82, 2.24) is 5.32 Å². The molecule has 0 aromatic heterocycles. The number of hydrogen-bond acceptors (Lipinski definition) is 6. The molecular formula is C14H27NO6. The van der Waals surface area contributed by atoms with Crippen molar-refractivity contribution in [2.45, 2.75) is 70.2 Å². The number of nitrogens with one attached hydrogen (secondary N) is 1. The van der Waals surface area contributed by atoms with Gasteiger partial charge in [-0.05, 0) is 13.3 Å². The van der Waals surface area contributed by atoms with E-state index in [2.05, 4.69) is 5.32 Å². The third kappa shape index (κ3) is 4.89. The third-order valence-electron chi connectivity index (χ3n) is 3.68. The van der Waals surface area contributed by atoms with Gasteiger partial charge in [-0.15, -0.1) is 0 Å². The minimum absolute atomic E-state index is 0.331. The second-order valence-electron chi connectivity index (χ2n) is 5.46. The van der Waals surface area contributed by atoms with Crippen molar-refractivity contribution in [3.63, 3.8) is 0 Å². The van der Waals surface area contributed by atoms with E-state index in [1.165, 1.54) is 6.92 Å². The Morgan fingerprint density at radius 2 is 2.05 bits per heavy atom. The molecule has 1 aliphatic rings. The molecule has 6 atom stereocenters. The SMILES string of the molecule is CCCCOC(C)C1OC(CO)C(O)C(O)C1NC(C)=O. The quantitative estimate of drug-likeness (QED) is 0.458. The highest BCUT2D eigenvalue weighted by atomic mass is 16.6. The first-order valence-corrected chi connectivity index (χ1v) is 7.43. The number of hydrogen-bond donors (Lipinski definition) is 4. The van der Waals surface area contributed by atoms with Crippen LogP contribution in [0.2, 0.25) is 0 Å². The van der Waals surface area contributed by atoms with Crippen molar-refractivity contribution >= 4 is 5.91 Å². The summed E-state index contributed by atoms with van der Waals surface area (Å²) in [5, 5.41) is 31.9. The van der Waals surface area contributed by atoms with Crippen molar-refractivity contribution in [3.05, 3.63) is 0 Å². The van der Waals surface area contributed by atoms with Gasteiger partial charge in [-0.25, -0.2) is 0 Å². The molecule has 21 heavy (non-hydrogen) atoms. The highest BCUT2D eigenvalue weighted by Crippen LogP contribution is 2.24. The first-order chi connectivity index (χ1) is 9.92. The predicted octanol–water partition coefficient (Wildman–Crippen LogP) is -0.822. The highest BCUT2D eigenvalue weighted by molar-refractivity contribution is 5.73. The van der Waals surface area contributed by atoms with Crippen LogP contribution < -0.4 is 5.32 Å². The lowest BCUT2D eigenvalue weighted by atomic mass is 9.90. The van der Waals surface area contributed by atoms with Crippen molar-refractivity contribution in [2.24, 2.45) is 0 Å². The van der Waals surface area contributed by atoms with Gasteiger partial charge in [0.15, 0.2) is 0 Å². The van der Waals surface area contributed by atoms with Crippen LogP contribution in [-0.4, -0.2) is 71.0 Å². The van der Waals surface area contributed by atoms with E-state index in [1.807, 2.05) is 6.92 Å². The maximum absolute atomic E-state index is 11.3. The molecule has 0 aliphatic carbocycles. The van der Waals surface area contributed by atoms with Gasteiger partial charge in [-0.3, -0.25) is 4.79 Å². The number of ether oxygens (including phenoxy) is 2. The van der Waals surface area contributed by atoms with E-state index in [0.717, 1.165) is 12.8 Å². The van der Waals surface area contributed by atoms with E-state index < -0.39 is 37.1 Å². The lowest BCUT2D eigenvalue weighted by Gasteiger charge is -2.44. The Kier molecular flexibility index (Phi) is 7.55. The molecule has 0 spiro atoms. The predicted molar refractivity (Wildman–Crippen MR) is 75.7 cm³/mol. The van der Waals surface area contributed by atoms with E-state index in [4.69, 9.17) is 9.47 Å². The fourth-order valence-electron chi connectivity index (χ4n) is 2.46. The second kappa shape index (κ2) is 8.65. The normalized spacial score (nSPS) is 34.5. The van der Waals surface area contributed by atoms with Crippen LogP contribution in [0.25, 0.3) is 0 Å². The standard InChI is InChI=1S/C14H27NO6/c1-4-5-6-20-8(2)14-11(15-9(3)17)13(19)12(18)10(7-16)21-14/h8,10-14,16,18-19H,4-7H2,1-3H3,(H,15,17). The monoisotopic (exact) mass is 305 g/mol. The molecule has 0 aromatic carbocycles. The Hall–Kier alpha value is -0.730. The number of aliphatic hydroxyl groups excluding tert-OH is 3. The Labute approximate surface area is 125 Å². The van der Waals surface area contributed by atoms with Crippen molar-refractivity contribution in [2.75, 3.05) is 13.2 Å². The van der Waals surface area contributed by atoms with Gasteiger partial charge in [0.1, 0.15) is 24.4 Å². The van der Waals surface area contributed by atoms with E-state index in [-0.39, 0.29) is 12.0 Å². The fourth-order valence-corrected chi connectivity index (χ4v) is 2.46. The third-order valence-corrected chi connectivity index (χ3v) is 3.68. The fraction of sp³-hybridized carbons (Fsp3) is 0.929. The van der Waals surface area contributed by atoms with E-state index in [9.17, 15) is 20.1 Å². The van der Waals surface area contributed by atoms with Gasteiger partial charge in [0.2, 0.25) is 5.91 Å². The van der Waals surface area contributed by atoms with E-state index in [1.54, 1.807) is 6.92 Å². The van der Waals surface area contributed by atoms with Crippen molar-refractivity contribution < 1.29 is 29.6 Å². The molecule has 7 nitrogen and oxygen atoms in total. The summed E-state index contributed by atoms with van der Waals surface area (Å²) in [5.74, 6) is -0.331. The lowest BCUT2D eigenvalue weighted by molar-refractivity contribution is -0.219. The zero-order valence-corrected chi connectivity index (χ0v) is 12.9. The van der Waals surface area contributed by atoms with Crippen LogP contribution in [0.1, 0.15) is 33.6 Å². The summed E-state index contributed by atoms with van der Waals surface area (Å²) in [6, 6.07) is -0.781. The molecule has 0 bridgehead atoms. The summed E-state index contributed by atoms with van der Waals surface area (Å²) in [6.07, 6.45) is -2.50. The summed E-state index contributed by atoms with van der Waals surface area (Å²) >= 11 is 0. The smallest absolute Gasteiger partial charge is 0.217 e. The second-order valence-corrected chi connectivity index (χ2v) is 5.46. The summed E-state index contributed by atoms with van der Waals surface area (Å²) in [7, 11) is 0. The number of unbranched alkanes of at least 4 members (excludes halogenated alkanes) is 1. The first-order valence-electron chi connectivity index (χ1n) is 7.43. The van der Waals surface area contributed by atoms with Gasteiger partial charge in [0.25, 0.3) is 0 Å². The number of aliphatic hydroxyl groups is 3. The molecule has 1 heterocycles. The molecule has 1 amide bonds. The molecule has 4 N–H and O–H groups in total. The Balaban J connectivity index is 2.79. The Bertz CT molecular complexity index is 327. The summed E-state index contributed by atoms with van der Waals surface area (Å²) < 4.78 is 11.3. The maximum atomic E-state index is 11.3. The zero-order valence-electron chi connectivity index (χ0n) is 12.9. The molecule has 1 saturated heterocycles. The van der Waals surface area contributed by atoms with Gasteiger partial charge < -0.3 is 30.1 Å². The van der Waals surface area contributed by atoms with Crippen LogP contribution in [0.3, 0.4) is 0 Å². The van der Waals surface area contributed by atoms with Gasteiger partial charge in [-0.1, -0.05) is 13.3 Å². The van der Waals surface area contributed by atoms with Gasteiger partial charge in [-0.2, -0.15) is 0 Å². The number of amides is 1. The Morgan fingerprint density at radius 1 is 1.38 bits per heavy atom. The van der Waals surface area contributed by atoms with Crippen LogP contribution >= 0.6 is 0 Å². The zero-order chi connectivity index (χ0) is 16.0. The molecule has 7 heteroatoms. The minimum atomic E-state index is -1.26. The first kappa shape index (κ1) is 18.3. The van der Waals surface area contributed by atoms with Crippen LogP contribution in [0.15, 0.2) is 0 Å². The lowest BCUT2D eigenvalue weighted by Crippen LogP contribution is -2.66. The van der Waals surface area contributed by atoms with Crippen molar-refractivity contribution in [1.29, 1.82) is 0 Å². The summed E-state index contributed by atoms with van der Waals surface area (Å²) in [6.45, 7) is 5.30. The van der Waals surface area contributed by atoms with Gasteiger partial charge >= 0.3 is 0 Å². The Morgan fingerprint density at radius 3 is 2.57 bits per heavy atom. The van der Waals surface area contributed by atoms with E-state index in [0.29, 0.717) is 6.61 Å². The van der Waals surface area contributed by atoms with Crippen LogP contribution in [0.4, 0.5) is 0 Å². The van der Waals surface area contributed by atoms with Gasteiger partial charge in [0, 0.05) is 13.5 Å². The largest absolute Gasteiger partial charge is 0.394 e. The molecule has 1 fully saturated rings. The maximum Gasteiger partial charge on any atom is 0.217 e. The molecule has 1 rings (SSSR count). The van der Waals surface area contributed by atoms with Gasteiger partial charge in [0.05, 0.1) is 18.8 Å². The highest BCUT2D eigenvalue weighted by Gasteiger charge is 2.46. The molecule has 6 unspecified atom stereocenters. The molecular weight excluding hydrogens is 278 g/mol. The average molecular weight is 305 g/mol. The summed E-state index contributed by atoms with van der Waals surface area (Å²) in [4.78, 5) is 11.3. The summed E-state index contributed by atoms with van der Waals surface area (Å²) in [5.41, 5.74) is 0. The number of carbonyl (C=O) groups excluding carboxylic acids is 1. The number of carbonyl (C=O) groups is 1.